The Kier molecular flexibility index (Phi) is 5.36. The molecule has 0 spiro atoms. The second-order valence-electron chi connectivity index (χ2n) is 5.94. The summed E-state index contributed by atoms with van der Waals surface area (Å²) < 4.78 is 1.01. The molecule has 3 rings (SSSR count). The Morgan fingerprint density at radius 3 is 2.83 bits per heavy atom. The van der Waals surface area contributed by atoms with E-state index >= 15 is 0 Å². The van der Waals surface area contributed by atoms with E-state index in [1.54, 1.807) is 4.90 Å². The molecule has 2 amide bonds. The summed E-state index contributed by atoms with van der Waals surface area (Å²) in [5.74, 6) is -0.154. The molecule has 4 nitrogen and oxygen atoms in total. The fourth-order valence-electron chi connectivity index (χ4n) is 2.94. The lowest BCUT2D eigenvalue weighted by Gasteiger charge is -2.34. The number of amides is 2. The van der Waals surface area contributed by atoms with Gasteiger partial charge in [0.25, 0.3) is 5.91 Å². The average Bonchev–Trinajstić information content (AvgIpc) is 3.12. The summed E-state index contributed by atoms with van der Waals surface area (Å²) in [7, 11) is 0. The SMILES string of the molecule is Cc1cc(NC(=O)[C@H]2CCCCN2C(=O)c2cccs2)ccc1Br. The number of hydrogen-bond acceptors (Lipinski definition) is 3. The molecule has 0 bridgehead atoms. The Morgan fingerprint density at radius 2 is 2.12 bits per heavy atom. The first kappa shape index (κ1) is 17.2. The topological polar surface area (TPSA) is 49.4 Å². The van der Waals surface area contributed by atoms with Crippen LogP contribution in [0.5, 0.6) is 0 Å². The number of halogens is 1. The second-order valence-corrected chi connectivity index (χ2v) is 7.74. The third kappa shape index (κ3) is 3.70. The summed E-state index contributed by atoms with van der Waals surface area (Å²) in [5.41, 5.74) is 1.82. The summed E-state index contributed by atoms with van der Waals surface area (Å²) in [5, 5.41) is 4.85. The van der Waals surface area contributed by atoms with Crippen LogP contribution in [-0.4, -0.2) is 29.3 Å². The molecule has 2 heterocycles. The maximum atomic E-state index is 12.7. The van der Waals surface area contributed by atoms with Gasteiger partial charge in [0.2, 0.25) is 5.91 Å². The zero-order valence-corrected chi connectivity index (χ0v) is 15.8. The molecule has 1 N–H and O–H groups in total. The normalized spacial score (nSPS) is 17.6. The lowest BCUT2D eigenvalue weighted by molar-refractivity contribution is -0.121. The molecule has 1 aromatic heterocycles. The van der Waals surface area contributed by atoms with E-state index in [1.165, 1.54) is 11.3 Å². The van der Waals surface area contributed by atoms with E-state index in [9.17, 15) is 9.59 Å². The first-order valence-electron chi connectivity index (χ1n) is 7.98. The van der Waals surface area contributed by atoms with Crippen LogP contribution in [0.25, 0.3) is 0 Å². The van der Waals surface area contributed by atoms with E-state index < -0.39 is 6.04 Å². The zero-order valence-electron chi connectivity index (χ0n) is 13.4. The van der Waals surface area contributed by atoms with Gasteiger partial charge in [0, 0.05) is 16.7 Å². The lowest BCUT2D eigenvalue weighted by atomic mass is 10.0. The van der Waals surface area contributed by atoms with Crippen LogP contribution in [0.3, 0.4) is 0 Å². The van der Waals surface area contributed by atoms with Gasteiger partial charge >= 0.3 is 0 Å². The summed E-state index contributed by atoms with van der Waals surface area (Å²) in [4.78, 5) is 27.8. The van der Waals surface area contributed by atoms with Crippen molar-refractivity contribution in [3.63, 3.8) is 0 Å². The first-order valence-corrected chi connectivity index (χ1v) is 9.65. The molecule has 1 aliphatic heterocycles. The highest BCUT2D eigenvalue weighted by atomic mass is 79.9. The minimum atomic E-state index is -0.405. The molecular formula is C18H19BrN2O2S. The monoisotopic (exact) mass is 406 g/mol. The third-order valence-electron chi connectivity index (χ3n) is 4.22. The number of nitrogens with one attached hydrogen (secondary N) is 1. The number of thiophene rings is 1. The molecule has 0 saturated carbocycles. The van der Waals surface area contributed by atoms with E-state index in [2.05, 4.69) is 21.2 Å². The van der Waals surface area contributed by atoms with Gasteiger partial charge < -0.3 is 10.2 Å². The molecule has 1 aromatic carbocycles. The lowest BCUT2D eigenvalue weighted by Crippen LogP contribution is -2.49. The van der Waals surface area contributed by atoms with Crippen LogP contribution in [-0.2, 0) is 4.79 Å². The van der Waals surface area contributed by atoms with Crippen molar-refractivity contribution in [1.29, 1.82) is 0 Å². The van der Waals surface area contributed by atoms with Crippen LogP contribution in [0, 0.1) is 6.92 Å². The maximum absolute atomic E-state index is 12.7. The summed E-state index contributed by atoms with van der Waals surface area (Å²) in [6, 6.07) is 8.98. The number of nitrogens with zero attached hydrogens (tertiary/aromatic N) is 1. The van der Waals surface area contributed by atoms with E-state index in [0.717, 1.165) is 28.6 Å². The predicted octanol–water partition coefficient (Wildman–Crippen LogP) is 4.45. The van der Waals surface area contributed by atoms with E-state index in [4.69, 9.17) is 0 Å². The summed E-state index contributed by atoms with van der Waals surface area (Å²) >= 11 is 4.88. The van der Waals surface area contributed by atoms with E-state index in [-0.39, 0.29) is 11.8 Å². The Labute approximate surface area is 154 Å². The van der Waals surface area contributed by atoms with Gasteiger partial charge in [-0.25, -0.2) is 0 Å². The van der Waals surface area contributed by atoms with Crippen molar-refractivity contribution in [3.05, 3.63) is 50.6 Å². The van der Waals surface area contributed by atoms with Gasteiger partial charge in [-0.2, -0.15) is 0 Å². The summed E-state index contributed by atoms with van der Waals surface area (Å²) in [6.07, 6.45) is 2.61. The Morgan fingerprint density at radius 1 is 1.29 bits per heavy atom. The average molecular weight is 407 g/mol. The van der Waals surface area contributed by atoms with Crippen molar-refractivity contribution < 1.29 is 9.59 Å². The Bertz CT molecular complexity index is 745. The highest BCUT2D eigenvalue weighted by molar-refractivity contribution is 9.10. The Hall–Kier alpha value is -1.66. The van der Waals surface area contributed by atoms with Gasteiger partial charge in [0.15, 0.2) is 0 Å². The van der Waals surface area contributed by atoms with Crippen LogP contribution in [0.4, 0.5) is 5.69 Å². The second kappa shape index (κ2) is 7.49. The standard InChI is InChI=1S/C18H19BrN2O2S/c1-12-11-13(7-8-14(12)19)20-17(22)15-5-2-3-9-21(15)18(23)16-6-4-10-24-16/h4,6-8,10-11,15H,2-3,5,9H2,1H3,(H,20,22)/t15-/m1/s1. The van der Waals surface area contributed by atoms with Crippen LogP contribution >= 0.6 is 27.3 Å². The van der Waals surface area contributed by atoms with Crippen molar-refractivity contribution in [1.82, 2.24) is 4.90 Å². The molecule has 6 heteroatoms. The van der Waals surface area contributed by atoms with Crippen molar-refractivity contribution in [3.8, 4) is 0 Å². The van der Waals surface area contributed by atoms with Crippen LogP contribution in [0.15, 0.2) is 40.2 Å². The van der Waals surface area contributed by atoms with Crippen LogP contribution in [0.2, 0.25) is 0 Å². The number of benzene rings is 1. The molecule has 0 radical (unpaired) electrons. The molecule has 1 atom stereocenters. The van der Waals surface area contributed by atoms with Crippen LogP contribution < -0.4 is 5.32 Å². The first-order chi connectivity index (χ1) is 11.6. The number of piperidine rings is 1. The quantitative estimate of drug-likeness (QED) is 0.817. The van der Waals surface area contributed by atoms with Crippen molar-refractivity contribution in [2.45, 2.75) is 32.2 Å². The minimum Gasteiger partial charge on any atom is -0.326 e. The molecule has 0 unspecified atom stereocenters. The van der Waals surface area contributed by atoms with Crippen molar-refractivity contribution >= 4 is 44.8 Å². The number of hydrogen-bond donors (Lipinski definition) is 1. The molecule has 1 fully saturated rings. The molecule has 0 aliphatic carbocycles. The molecule has 1 saturated heterocycles. The van der Waals surface area contributed by atoms with Gasteiger partial charge in [-0.15, -0.1) is 11.3 Å². The van der Waals surface area contributed by atoms with Crippen LogP contribution in [0.1, 0.15) is 34.5 Å². The van der Waals surface area contributed by atoms with Crippen molar-refractivity contribution in [2.24, 2.45) is 0 Å². The number of rotatable bonds is 3. The van der Waals surface area contributed by atoms with Gasteiger partial charge in [0.05, 0.1) is 4.88 Å². The molecule has 24 heavy (non-hydrogen) atoms. The van der Waals surface area contributed by atoms with Gasteiger partial charge in [-0.1, -0.05) is 22.0 Å². The smallest absolute Gasteiger partial charge is 0.264 e. The number of likely N-dealkylation sites (tertiary alicyclic amines) is 1. The molecule has 126 valence electrons. The molecular weight excluding hydrogens is 388 g/mol. The van der Waals surface area contributed by atoms with Gasteiger partial charge in [-0.3, -0.25) is 9.59 Å². The maximum Gasteiger partial charge on any atom is 0.264 e. The van der Waals surface area contributed by atoms with Crippen molar-refractivity contribution in [2.75, 3.05) is 11.9 Å². The fraction of sp³-hybridized carbons (Fsp3) is 0.333. The molecule has 1 aliphatic rings. The number of carbonyl (C=O) groups is 2. The third-order valence-corrected chi connectivity index (χ3v) is 5.97. The van der Waals surface area contributed by atoms with Gasteiger partial charge in [-0.05, 0) is 61.4 Å². The number of carbonyl (C=O) groups excluding carboxylic acids is 2. The summed E-state index contributed by atoms with van der Waals surface area (Å²) in [6.45, 7) is 2.61. The number of aryl methyl sites for hydroxylation is 1. The number of anilines is 1. The predicted molar refractivity (Wildman–Crippen MR) is 101 cm³/mol. The minimum absolute atomic E-state index is 0.0446. The van der Waals surface area contributed by atoms with E-state index in [0.29, 0.717) is 17.8 Å². The Balaban J connectivity index is 1.75. The molecule has 2 aromatic rings. The highest BCUT2D eigenvalue weighted by Gasteiger charge is 2.33. The van der Waals surface area contributed by atoms with Gasteiger partial charge in [0.1, 0.15) is 6.04 Å². The van der Waals surface area contributed by atoms with E-state index in [1.807, 2.05) is 42.6 Å². The largest absolute Gasteiger partial charge is 0.326 e. The highest BCUT2D eigenvalue weighted by Crippen LogP contribution is 2.24. The zero-order chi connectivity index (χ0) is 17.1. The fourth-order valence-corrected chi connectivity index (χ4v) is 3.86.